The Bertz CT molecular complexity index is 572. The van der Waals surface area contributed by atoms with Crippen LogP contribution in [0.4, 0.5) is 5.69 Å². The van der Waals surface area contributed by atoms with Crippen molar-refractivity contribution in [3.63, 3.8) is 0 Å². The van der Waals surface area contributed by atoms with Crippen molar-refractivity contribution in [3.05, 3.63) is 29.8 Å². The van der Waals surface area contributed by atoms with Gasteiger partial charge in [0.15, 0.2) is 0 Å². The van der Waals surface area contributed by atoms with Crippen molar-refractivity contribution < 1.29 is 19.5 Å². The molecule has 2 amide bonds. The molecule has 0 radical (unpaired) electrons. The number of nitrogens with one attached hydrogen (secondary N) is 1. The highest BCUT2D eigenvalue weighted by atomic mass is 16.4. The van der Waals surface area contributed by atoms with Crippen LogP contribution in [0.15, 0.2) is 24.3 Å². The van der Waals surface area contributed by atoms with Crippen molar-refractivity contribution in [2.45, 2.75) is 13.3 Å². The zero-order valence-electron chi connectivity index (χ0n) is 13.7. The molecule has 0 fully saturated rings. The number of hydrogen-bond acceptors (Lipinski definition) is 4. The molecule has 2 N–H and O–H groups in total. The van der Waals surface area contributed by atoms with E-state index in [1.54, 1.807) is 43.3 Å². The molecule has 0 aliphatic carbocycles. The van der Waals surface area contributed by atoms with Crippen molar-refractivity contribution in [1.29, 1.82) is 0 Å². The maximum Gasteiger partial charge on any atom is 0.317 e. The van der Waals surface area contributed by atoms with Gasteiger partial charge in [0, 0.05) is 25.3 Å². The SMILES string of the molecule is CCCN(CC(=O)O)CC(=O)Nc1cccc(C(=O)N(C)C)c1. The lowest BCUT2D eigenvalue weighted by molar-refractivity contribution is -0.138. The lowest BCUT2D eigenvalue weighted by Crippen LogP contribution is -2.37. The van der Waals surface area contributed by atoms with Gasteiger partial charge < -0.3 is 15.3 Å². The first-order valence-electron chi connectivity index (χ1n) is 7.39. The van der Waals surface area contributed by atoms with E-state index in [1.165, 1.54) is 4.90 Å². The third kappa shape index (κ3) is 6.48. The van der Waals surface area contributed by atoms with Crippen LogP contribution in [0.1, 0.15) is 23.7 Å². The van der Waals surface area contributed by atoms with E-state index >= 15 is 0 Å². The number of aliphatic carboxylic acids is 1. The minimum absolute atomic E-state index is 0.00794. The van der Waals surface area contributed by atoms with Crippen molar-refractivity contribution in [2.75, 3.05) is 39.0 Å². The predicted octanol–water partition coefficient (Wildman–Crippen LogP) is 1.12. The van der Waals surface area contributed by atoms with Crippen LogP contribution in [-0.4, -0.2) is 66.4 Å². The van der Waals surface area contributed by atoms with Gasteiger partial charge >= 0.3 is 5.97 Å². The summed E-state index contributed by atoms with van der Waals surface area (Å²) in [5, 5.41) is 11.5. The maximum absolute atomic E-state index is 12.1. The zero-order chi connectivity index (χ0) is 17.4. The molecule has 7 heteroatoms. The quantitative estimate of drug-likeness (QED) is 0.749. The Labute approximate surface area is 135 Å². The van der Waals surface area contributed by atoms with Crippen LogP contribution >= 0.6 is 0 Å². The van der Waals surface area contributed by atoms with Gasteiger partial charge in [-0.1, -0.05) is 13.0 Å². The number of anilines is 1. The van der Waals surface area contributed by atoms with E-state index in [2.05, 4.69) is 5.32 Å². The molecule has 7 nitrogen and oxygen atoms in total. The summed E-state index contributed by atoms with van der Waals surface area (Å²) in [6.07, 6.45) is 0.757. The van der Waals surface area contributed by atoms with Gasteiger partial charge in [0.05, 0.1) is 13.1 Å². The van der Waals surface area contributed by atoms with Crippen LogP contribution in [0.5, 0.6) is 0 Å². The second kappa shape index (κ2) is 8.89. The number of amides is 2. The van der Waals surface area contributed by atoms with Gasteiger partial charge in [0.2, 0.25) is 5.91 Å². The monoisotopic (exact) mass is 321 g/mol. The molecule has 0 aromatic heterocycles. The van der Waals surface area contributed by atoms with Crippen LogP contribution in [0, 0.1) is 0 Å². The number of nitrogens with zero attached hydrogens (tertiary/aromatic N) is 2. The number of benzene rings is 1. The van der Waals surface area contributed by atoms with Crippen LogP contribution in [-0.2, 0) is 9.59 Å². The number of carbonyl (C=O) groups excluding carboxylic acids is 2. The van der Waals surface area contributed by atoms with Gasteiger partial charge in [-0.2, -0.15) is 0 Å². The summed E-state index contributed by atoms with van der Waals surface area (Å²) in [5.74, 6) is -1.43. The Morgan fingerprint density at radius 3 is 2.43 bits per heavy atom. The van der Waals surface area contributed by atoms with Crippen LogP contribution in [0.25, 0.3) is 0 Å². The fourth-order valence-corrected chi connectivity index (χ4v) is 2.11. The van der Waals surface area contributed by atoms with Gasteiger partial charge in [-0.15, -0.1) is 0 Å². The van der Waals surface area contributed by atoms with Crippen molar-refractivity contribution in [1.82, 2.24) is 9.80 Å². The summed E-state index contributed by atoms with van der Waals surface area (Å²) >= 11 is 0. The highest BCUT2D eigenvalue weighted by Gasteiger charge is 2.14. The molecule has 0 unspecified atom stereocenters. The predicted molar refractivity (Wildman–Crippen MR) is 87.5 cm³/mol. The standard InChI is InChI=1S/C16H23N3O4/c1-4-8-19(11-15(21)22)10-14(20)17-13-7-5-6-12(9-13)16(23)18(2)3/h5-7,9H,4,8,10-11H2,1-3H3,(H,17,20)(H,21,22). The smallest absolute Gasteiger partial charge is 0.317 e. The Hall–Kier alpha value is -2.41. The molecule has 1 aromatic rings. The molecule has 0 spiro atoms. The fourth-order valence-electron chi connectivity index (χ4n) is 2.11. The molecule has 0 bridgehead atoms. The molecule has 0 saturated carbocycles. The van der Waals surface area contributed by atoms with E-state index in [4.69, 9.17) is 5.11 Å². The van der Waals surface area contributed by atoms with Gasteiger partial charge in [-0.05, 0) is 31.2 Å². The van der Waals surface area contributed by atoms with Gasteiger partial charge in [0.1, 0.15) is 0 Å². The zero-order valence-corrected chi connectivity index (χ0v) is 13.7. The average Bonchev–Trinajstić information content (AvgIpc) is 2.46. The van der Waals surface area contributed by atoms with Crippen LogP contribution < -0.4 is 5.32 Å². The Morgan fingerprint density at radius 2 is 1.87 bits per heavy atom. The highest BCUT2D eigenvalue weighted by molar-refractivity contribution is 5.97. The molecule has 0 heterocycles. The highest BCUT2D eigenvalue weighted by Crippen LogP contribution is 2.12. The third-order valence-electron chi connectivity index (χ3n) is 3.07. The van der Waals surface area contributed by atoms with Crippen molar-refractivity contribution in [3.8, 4) is 0 Å². The summed E-state index contributed by atoms with van der Waals surface area (Å²) in [4.78, 5) is 37.8. The van der Waals surface area contributed by atoms with Gasteiger partial charge in [-0.3, -0.25) is 19.3 Å². The molecule has 0 aliphatic rings. The van der Waals surface area contributed by atoms with Crippen LogP contribution in [0.3, 0.4) is 0 Å². The molecular formula is C16H23N3O4. The Morgan fingerprint density at radius 1 is 1.17 bits per heavy atom. The molecule has 23 heavy (non-hydrogen) atoms. The molecular weight excluding hydrogens is 298 g/mol. The molecule has 1 aromatic carbocycles. The van der Waals surface area contributed by atoms with E-state index in [0.717, 1.165) is 6.42 Å². The summed E-state index contributed by atoms with van der Waals surface area (Å²) in [6.45, 7) is 2.26. The number of rotatable bonds is 8. The lowest BCUT2D eigenvalue weighted by Gasteiger charge is -2.19. The third-order valence-corrected chi connectivity index (χ3v) is 3.07. The summed E-state index contributed by atoms with van der Waals surface area (Å²) < 4.78 is 0. The normalized spacial score (nSPS) is 10.4. The van der Waals surface area contributed by atoms with Crippen molar-refractivity contribution in [2.24, 2.45) is 0 Å². The summed E-state index contributed by atoms with van der Waals surface area (Å²) in [6, 6.07) is 6.65. The summed E-state index contributed by atoms with van der Waals surface area (Å²) in [7, 11) is 3.31. The van der Waals surface area contributed by atoms with E-state index in [1.807, 2.05) is 6.92 Å². The fraction of sp³-hybridized carbons (Fsp3) is 0.438. The average molecular weight is 321 g/mol. The van der Waals surface area contributed by atoms with E-state index < -0.39 is 5.97 Å². The largest absolute Gasteiger partial charge is 0.480 e. The number of carboxylic acid groups (broad SMARTS) is 1. The maximum atomic E-state index is 12.1. The first kappa shape index (κ1) is 18.6. The second-order valence-corrected chi connectivity index (χ2v) is 5.43. The minimum Gasteiger partial charge on any atom is -0.480 e. The molecule has 126 valence electrons. The second-order valence-electron chi connectivity index (χ2n) is 5.43. The first-order chi connectivity index (χ1) is 10.8. The lowest BCUT2D eigenvalue weighted by atomic mass is 10.2. The topological polar surface area (TPSA) is 90.0 Å². The first-order valence-corrected chi connectivity index (χ1v) is 7.39. The van der Waals surface area contributed by atoms with Gasteiger partial charge in [0.25, 0.3) is 5.91 Å². The molecule has 0 aliphatic heterocycles. The molecule has 0 saturated heterocycles. The number of carbonyl (C=O) groups is 3. The minimum atomic E-state index is -0.968. The van der Waals surface area contributed by atoms with E-state index in [9.17, 15) is 14.4 Å². The number of hydrogen-bond donors (Lipinski definition) is 2. The van der Waals surface area contributed by atoms with Crippen LogP contribution in [0.2, 0.25) is 0 Å². The van der Waals surface area contributed by atoms with Gasteiger partial charge in [-0.25, -0.2) is 0 Å². The number of carboxylic acids is 1. The molecule has 1 rings (SSSR count). The molecule has 0 atom stereocenters. The summed E-state index contributed by atoms with van der Waals surface area (Å²) in [5.41, 5.74) is 0.984. The Kier molecular flexibility index (Phi) is 7.21. The Balaban J connectivity index is 2.71. The van der Waals surface area contributed by atoms with Crippen molar-refractivity contribution >= 4 is 23.5 Å². The van der Waals surface area contributed by atoms with E-state index in [-0.39, 0.29) is 24.9 Å². The van der Waals surface area contributed by atoms with E-state index in [0.29, 0.717) is 17.8 Å².